The number of carbonyl (C=O) groups is 1. The Kier molecular flexibility index (Phi) is 6.74. The third kappa shape index (κ3) is 5.74. The van der Waals surface area contributed by atoms with Crippen LogP contribution < -0.4 is 15.4 Å². The summed E-state index contributed by atoms with van der Waals surface area (Å²) in [4.78, 5) is 12.1. The standard InChI is InChI=1S/C21H18BrClN2O2/c22-17-12-15(13-24-16-6-2-1-3-7-16)10-11-20(17)27-14-21(26)25-19-9-5-4-8-18(19)23/h1-12,24H,13-14H2,(H,25,26). The third-order valence-electron chi connectivity index (χ3n) is 3.77. The molecule has 3 rings (SSSR count). The van der Waals surface area contributed by atoms with Crippen LogP contribution in [0.15, 0.2) is 77.3 Å². The van der Waals surface area contributed by atoms with E-state index in [1.165, 1.54) is 0 Å². The molecule has 138 valence electrons. The van der Waals surface area contributed by atoms with Crippen molar-refractivity contribution in [1.29, 1.82) is 0 Å². The average molecular weight is 446 g/mol. The molecule has 3 aromatic carbocycles. The van der Waals surface area contributed by atoms with Crippen LogP contribution in [0.25, 0.3) is 0 Å². The van der Waals surface area contributed by atoms with E-state index in [1.54, 1.807) is 24.3 Å². The lowest BCUT2D eigenvalue weighted by atomic mass is 10.2. The van der Waals surface area contributed by atoms with E-state index in [2.05, 4.69) is 26.6 Å². The highest BCUT2D eigenvalue weighted by Gasteiger charge is 2.08. The molecule has 27 heavy (non-hydrogen) atoms. The molecule has 6 heteroatoms. The van der Waals surface area contributed by atoms with Gasteiger partial charge in [-0.1, -0.05) is 48.0 Å². The molecule has 4 nitrogen and oxygen atoms in total. The summed E-state index contributed by atoms with van der Waals surface area (Å²) in [5.41, 5.74) is 2.72. The largest absolute Gasteiger partial charge is 0.483 e. The Morgan fingerprint density at radius 1 is 1.00 bits per heavy atom. The highest BCUT2D eigenvalue weighted by molar-refractivity contribution is 9.10. The van der Waals surface area contributed by atoms with Gasteiger partial charge < -0.3 is 15.4 Å². The topological polar surface area (TPSA) is 50.4 Å². The number of benzene rings is 3. The lowest BCUT2D eigenvalue weighted by Crippen LogP contribution is -2.20. The molecule has 0 saturated heterocycles. The molecule has 0 fully saturated rings. The fourth-order valence-corrected chi connectivity index (χ4v) is 3.15. The van der Waals surface area contributed by atoms with E-state index in [-0.39, 0.29) is 12.5 Å². The summed E-state index contributed by atoms with van der Waals surface area (Å²) in [6.07, 6.45) is 0. The number of nitrogens with one attached hydrogen (secondary N) is 2. The first-order chi connectivity index (χ1) is 13.1. The van der Waals surface area contributed by atoms with Crippen molar-refractivity contribution in [2.45, 2.75) is 6.54 Å². The Morgan fingerprint density at radius 2 is 1.74 bits per heavy atom. The van der Waals surface area contributed by atoms with Gasteiger partial charge >= 0.3 is 0 Å². The van der Waals surface area contributed by atoms with Crippen molar-refractivity contribution in [3.05, 3.63) is 87.9 Å². The number of ether oxygens (including phenoxy) is 1. The molecule has 1 amide bonds. The van der Waals surface area contributed by atoms with Crippen molar-refractivity contribution in [2.75, 3.05) is 17.2 Å². The maximum Gasteiger partial charge on any atom is 0.262 e. The first-order valence-electron chi connectivity index (χ1n) is 8.36. The van der Waals surface area contributed by atoms with Crippen LogP contribution in [0.1, 0.15) is 5.56 Å². The molecule has 0 saturated carbocycles. The monoisotopic (exact) mass is 444 g/mol. The minimum absolute atomic E-state index is 0.106. The molecule has 0 bridgehead atoms. The predicted molar refractivity (Wildman–Crippen MR) is 113 cm³/mol. The van der Waals surface area contributed by atoms with E-state index in [4.69, 9.17) is 16.3 Å². The molecule has 3 aromatic rings. The molecule has 0 radical (unpaired) electrons. The zero-order chi connectivity index (χ0) is 19.1. The van der Waals surface area contributed by atoms with Gasteiger partial charge in [0.05, 0.1) is 15.2 Å². The van der Waals surface area contributed by atoms with Gasteiger partial charge in [-0.3, -0.25) is 4.79 Å². The number of rotatable bonds is 7. The second-order valence-electron chi connectivity index (χ2n) is 5.80. The molecule has 2 N–H and O–H groups in total. The Bertz CT molecular complexity index is 919. The molecule has 0 spiro atoms. The molecule has 0 aliphatic rings. The summed E-state index contributed by atoms with van der Waals surface area (Å²) in [5, 5.41) is 6.57. The van der Waals surface area contributed by atoms with Crippen LogP contribution in [0, 0.1) is 0 Å². The minimum atomic E-state index is -0.273. The fraction of sp³-hybridized carbons (Fsp3) is 0.0952. The molecule has 0 heterocycles. The Labute approximate surface area is 171 Å². The fourth-order valence-electron chi connectivity index (χ4n) is 2.42. The van der Waals surface area contributed by atoms with Crippen LogP contribution in [0.2, 0.25) is 5.02 Å². The normalized spacial score (nSPS) is 10.3. The van der Waals surface area contributed by atoms with E-state index in [0.717, 1.165) is 15.7 Å². The Balaban J connectivity index is 1.53. The second-order valence-corrected chi connectivity index (χ2v) is 7.06. The SMILES string of the molecule is O=C(COc1ccc(CNc2ccccc2)cc1Br)Nc1ccccc1Cl. The summed E-state index contributed by atoms with van der Waals surface area (Å²) in [5.74, 6) is 0.331. The van der Waals surface area contributed by atoms with Crippen LogP contribution in [0.4, 0.5) is 11.4 Å². The van der Waals surface area contributed by atoms with Crippen molar-refractivity contribution >= 4 is 44.8 Å². The van der Waals surface area contributed by atoms with E-state index in [9.17, 15) is 4.79 Å². The van der Waals surface area contributed by atoms with E-state index in [0.29, 0.717) is 23.0 Å². The molecule has 0 aromatic heterocycles. The van der Waals surface area contributed by atoms with Gasteiger partial charge in [0.2, 0.25) is 0 Å². The van der Waals surface area contributed by atoms with Gasteiger partial charge in [0.1, 0.15) is 5.75 Å². The van der Waals surface area contributed by atoms with E-state index >= 15 is 0 Å². The Hall–Kier alpha value is -2.50. The summed E-state index contributed by atoms with van der Waals surface area (Å²) < 4.78 is 6.40. The van der Waals surface area contributed by atoms with Gasteiger partial charge in [0.15, 0.2) is 6.61 Å². The van der Waals surface area contributed by atoms with Crippen molar-refractivity contribution in [2.24, 2.45) is 0 Å². The van der Waals surface area contributed by atoms with Crippen molar-refractivity contribution in [3.63, 3.8) is 0 Å². The van der Waals surface area contributed by atoms with Crippen LogP contribution in [0.3, 0.4) is 0 Å². The van der Waals surface area contributed by atoms with Crippen LogP contribution >= 0.6 is 27.5 Å². The number of para-hydroxylation sites is 2. The van der Waals surface area contributed by atoms with Gasteiger partial charge in [-0.2, -0.15) is 0 Å². The third-order valence-corrected chi connectivity index (χ3v) is 4.72. The zero-order valence-electron chi connectivity index (χ0n) is 14.4. The molecule has 0 aliphatic carbocycles. The number of halogens is 2. The van der Waals surface area contributed by atoms with Crippen LogP contribution in [0.5, 0.6) is 5.75 Å². The quantitative estimate of drug-likeness (QED) is 0.488. The van der Waals surface area contributed by atoms with Gasteiger partial charge in [0, 0.05) is 12.2 Å². The van der Waals surface area contributed by atoms with Crippen LogP contribution in [-0.2, 0) is 11.3 Å². The van der Waals surface area contributed by atoms with Crippen LogP contribution in [-0.4, -0.2) is 12.5 Å². The van der Waals surface area contributed by atoms with Crippen molar-refractivity contribution in [1.82, 2.24) is 0 Å². The summed E-state index contributed by atoms with van der Waals surface area (Å²) in [7, 11) is 0. The number of amides is 1. The smallest absolute Gasteiger partial charge is 0.262 e. The van der Waals surface area contributed by atoms with Gasteiger partial charge in [-0.15, -0.1) is 0 Å². The lowest BCUT2D eigenvalue weighted by molar-refractivity contribution is -0.118. The minimum Gasteiger partial charge on any atom is -0.483 e. The molecular weight excluding hydrogens is 428 g/mol. The number of anilines is 2. The lowest BCUT2D eigenvalue weighted by Gasteiger charge is -2.11. The zero-order valence-corrected chi connectivity index (χ0v) is 16.8. The van der Waals surface area contributed by atoms with E-state index in [1.807, 2.05) is 48.5 Å². The average Bonchev–Trinajstić information content (AvgIpc) is 2.68. The molecule has 0 unspecified atom stereocenters. The number of carbonyl (C=O) groups excluding carboxylic acids is 1. The second kappa shape index (κ2) is 9.44. The molecule has 0 aliphatic heterocycles. The van der Waals surface area contributed by atoms with Gasteiger partial charge in [-0.05, 0) is 57.9 Å². The van der Waals surface area contributed by atoms with Crippen molar-refractivity contribution in [3.8, 4) is 5.75 Å². The van der Waals surface area contributed by atoms with Gasteiger partial charge in [0.25, 0.3) is 5.91 Å². The van der Waals surface area contributed by atoms with Gasteiger partial charge in [-0.25, -0.2) is 0 Å². The van der Waals surface area contributed by atoms with E-state index < -0.39 is 0 Å². The molecular formula is C21H18BrClN2O2. The summed E-state index contributed by atoms with van der Waals surface area (Å²) in [6.45, 7) is 0.585. The summed E-state index contributed by atoms with van der Waals surface area (Å²) in [6, 6.07) is 22.8. The highest BCUT2D eigenvalue weighted by Crippen LogP contribution is 2.27. The Morgan fingerprint density at radius 3 is 2.48 bits per heavy atom. The summed E-state index contributed by atoms with van der Waals surface area (Å²) >= 11 is 9.53. The molecule has 0 atom stereocenters. The maximum absolute atomic E-state index is 12.1. The van der Waals surface area contributed by atoms with Crippen molar-refractivity contribution < 1.29 is 9.53 Å². The first kappa shape index (κ1) is 19.3. The maximum atomic E-state index is 12.1. The number of hydrogen-bond donors (Lipinski definition) is 2. The number of hydrogen-bond acceptors (Lipinski definition) is 3. The first-order valence-corrected chi connectivity index (χ1v) is 9.53. The predicted octanol–water partition coefficient (Wildman–Crippen LogP) is 5.73. The highest BCUT2D eigenvalue weighted by atomic mass is 79.9.